The van der Waals surface area contributed by atoms with Gasteiger partial charge in [-0.1, -0.05) is 12.1 Å². The lowest BCUT2D eigenvalue weighted by Gasteiger charge is -2.10. The van der Waals surface area contributed by atoms with Crippen LogP contribution in [0, 0.1) is 20.8 Å². The van der Waals surface area contributed by atoms with Gasteiger partial charge in [0.1, 0.15) is 12.4 Å². The molecule has 0 saturated heterocycles. The molecule has 0 aliphatic carbocycles. The minimum Gasteiger partial charge on any atom is -0.492 e. The number of nitrogens with two attached hydrogens (primary N) is 1. The molecule has 3 N–H and O–H groups in total. The summed E-state index contributed by atoms with van der Waals surface area (Å²) in [5, 5.41) is 2.85. The second-order valence-electron chi connectivity index (χ2n) is 5.50. The first-order valence-corrected chi connectivity index (χ1v) is 7.31. The van der Waals surface area contributed by atoms with E-state index in [0.29, 0.717) is 24.4 Å². The van der Waals surface area contributed by atoms with E-state index in [2.05, 4.69) is 11.4 Å². The van der Waals surface area contributed by atoms with Crippen LogP contribution in [0.1, 0.15) is 27.0 Å². The van der Waals surface area contributed by atoms with Crippen molar-refractivity contribution in [1.82, 2.24) is 5.32 Å². The first kappa shape index (κ1) is 18.8. The Morgan fingerprint density at radius 3 is 2.39 bits per heavy atom. The molecule has 124 valence electrons. The van der Waals surface area contributed by atoms with E-state index >= 15 is 0 Å². The largest absolute Gasteiger partial charge is 0.492 e. The first-order chi connectivity index (χ1) is 10.5. The summed E-state index contributed by atoms with van der Waals surface area (Å²) in [5.41, 5.74) is 10.1. The van der Waals surface area contributed by atoms with Crippen LogP contribution in [0.4, 0.5) is 5.69 Å². The number of hydrogen-bond acceptors (Lipinski definition) is 3. The Hall–Kier alpha value is -2.20. The fourth-order valence-electron chi connectivity index (χ4n) is 2.33. The van der Waals surface area contributed by atoms with Gasteiger partial charge in [-0.05, 0) is 61.7 Å². The van der Waals surface area contributed by atoms with Crippen molar-refractivity contribution >= 4 is 24.0 Å². The Kier molecular flexibility index (Phi) is 6.91. The third-order valence-corrected chi connectivity index (χ3v) is 3.36. The Morgan fingerprint density at radius 1 is 1.09 bits per heavy atom. The third kappa shape index (κ3) is 5.49. The molecule has 0 aromatic heterocycles. The quantitative estimate of drug-likeness (QED) is 0.650. The van der Waals surface area contributed by atoms with Gasteiger partial charge in [0.05, 0.1) is 6.54 Å². The van der Waals surface area contributed by atoms with Crippen molar-refractivity contribution in [3.8, 4) is 5.75 Å². The van der Waals surface area contributed by atoms with Gasteiger partial charge < -0.3 is 15.8 Å². The normalized spacial score (nSPS) is 9.87. The number of ether oxygens (including phenoxy) is 1. The van der Waals surface area contributed by atoms with Gasteiger partial charge in [0.2, 0.25) is 0 Å². The minimum atomic E-state index is -0.131. The van der Waals surface area contributed by atoms with Gasteiger partial charge in [0, 0.05) is 11.3 Å². The lowest BCUT2D eigenvalue weighted by atomic mass is 10.1. The van der Waals surface area contributed by atoms with Crippen LogP contribution in [0.3, 0.4) is 0 Å². The highest BCUT2D eigenvalue weighted by molar-refractivity contribution is 5.96. The fourth-order valence-corrected chi connectivity index (χ4v) is 2.33. The maximum atomic E-state index is 12.1. The van der Waals surface area contributed by atoms with Crippen molar-refractivity contribution in [2.75, 3.05) is 18.9 Å². The lowest BCUT2D eigenvalue weighted by molar-refractivity contribution is 0.0946. The molecule has 0 saturated carbocycles. The summed E-state index contributed by atoms with van der Waals surface area (Å²) < 4.78 is 5.67. The van der Waals surface area contributed by atoms with Gasteiger partial charge in [-0.15, -0.1) is 12.4 Å². The predicted octanol–water partition coefficient (Wildman–Crippen LogP) is 3.42. The number of hydrogen-bond donors (Lipinski definition) is 2. The van der Waals surface area contributed by atoms with Crippen molar-refractivity contribution in [2.24, 2.45) is 0 Å². The molecule has 1 amide bonds. The van der Waals surface area contributed by atoms with Gasteiger partial charge in [0.25, 0.3) is 5.91 Å². The van der Waals surface area contributed by atoms with Gasteiger partial charge in [0.15, 0.2) is 0 Å². The molecular weight excluding hydrogens is 312 g/mol. The molecule has 0 aliphatic rings. The molecule has 0 atom stereocenters. The SMILES string of the molecule is Cc1cc(C)cc(OCCNC(=O)c2cc(N)ccc2C)c1.Cl. The second kappa shape index (κ2) is 8.44. The number of anilines is 1. The summed E-state index contributed by atoms with van der Waals surface area (Å²) >= 11 is 0. The zero-order valence-electron chi connectivity index (χ0n) is 13.7. The van der Waals surface area contributed by atoms with Crippen molar-refractivity contribution in [2.45, 2.75) is 20.8 Å². The number of nitrogen functional groups attached to an aromatic ring is 1. The minimum absolute atomic E-state index is 0. The second-order valence-corrected chi connectivity index (χ2v) is 5.50. The first-order valence-electron chi connectivity index (χ1n) is 7.31. The summed E-state index contributed by atoms with van der Waals surface area (Å²) in [6, 6.07) is 11.4. The van der Waals surface area contributed by atoms with Crippen LogP contribution in [-0.2, 0) is 0 Å². The van der Waals surface area contributed by atoms with Crippen LogP contribution in [-0.4, -0.2) is 19.1 Å². The maximum Gasteiger partial charge on any atom is 0.251 e. The average molecular weight is 335 g/mol. The van der Waals surface area contributed by atoms with Crippen LogP contribution < -0.4 is 15.8 Å². The Labute approximate surface area is 143 Å². The van der Waals surface area contributed by atoms with E-state index in [0.717, 1.165) is 22.4 Å². The number of halogens is 1. The third-order valence-electron chi connectivity index (χ3n) is 3.36. The molecule has 0 fully saturated rings. The van der Waals surface area contributed by atoms with E-state index in [-0.39, 0.29) is 18.3 Å². The average Bonchev–Trinajstić information content (AvgIpc) is 2.45. The van der Waals surface area contributed by atoms with Crippen molar-refractivity contribution < 1.29 is 9.53 Å². The van der Waals surface area contributed by atoms with Gasteiger partial charge in [-0.3, -0.25) is 4.79 Å². The van der Waals surface area contributed by atoms with Gasteiger partial charge in [-0.2, -0.15) is 0 Å². The number of benzene rings is 2. The van der Waals surface area contributed by atoms with E-state index in [1.54, 1.807) is 12.1 Å². The molecule has 4 nitrogen and oxygen atoms in total. The highest BCUT2D eigenvalue weighted by Crippen LogP contribution is 2.16. The molecule has 2 rings (SSSR count). The molecule has 5 heteroatoms. The number of rotatable bonds is 5. The highest BCUT2D eigenvalue weighted by atomic mass is 35.5. The van der Waals surface area contributed by atoms with E-state index in [1.807, 2.05) is 39.0 Å². The topological polar surface area (TPSA) is 64.3 Å². The van der Waals surface area contributed by atoms with Gasteiger partial charge in [-0.25, -0.2) is 0 Å². The van der Waals surface area contributed by atoms with Crippen molar-refractivity contribution in [3.63, 3.8) is 0 Å². The van der Waals surface area contributed by atoms with Crippen LogP contribution in [0.2, 0.25) is 0 Å². The van der Waals surface area contributed by atoms with E-state index in [4.69, 9.17) is 10.5 Å². The molecule has 2 aromatic carbocycles. The van der Waals surface area contributed by atoms with Gasteiger partial charge >= 0.3 is 0 Å². The monoisotopic (exact) mass is 334 g/mol. The van der Waals surface area contributed by atoms with E-state index < -0.39 is 0 Å². The van der Waals surface area contributed by atoms with Crippen LogP contribution in [0.15, 0.2) is 36.4 Å². The predicted molar refractivity (Wildman–Crippen MR) is 96.6 cm³/mol. The summed E-state index contributed by atoms with van der Waals surface area (Å²) in [6.07, 6.45) is 0. The zero-order valence-corrected chi connectivity index (χ0v) is 14.5. The molecule has 0 unspecified atom stereocenters. The smallest absolute Gasteiger partial charge is 0.251 e. The zero-order chi connectivity index (χ0) is 16.1. The molecule has 0 aliphatic heterocycles. The number of amides is 1. The number of aryl methyl sites for hydroxylation is 3. The molecule has 0 radical (unpaired) electrons. The standard InChI is InChI=1S/C18H22N2O2.ClH/c1-12-8-13(2)10-16(9-12)22-7-6-20-18(21)17-11-15(19)5-4-14(17)3;/h4-5,8-11H,6-7,19H2,1-3H3,(H,20,21);1H. The maximum absolute atomic E-state index is 12.1. The number of carbonyl (C=O) groups excluding carboxylic acids is 1. The van der Waals surface area contributed by atoms with Crippen LogP contribution in [0.25, 0.3) is 0 Å². The molecule has 23 heavy (non-hydrogen) atoms. The Morgan fingerprint density at radius 2 is 1.74 bits per heavy atom. The Balaban J connectivity index is 0.00000264. The summed E-state index contributed by atoms with van der Waals surface area (Å²) in [7, 11) is 0. The van der Waals surface area contributed by atoms with E-state index in [9.17, 15) is 4.79 Å². The lowest BCUT2D eigenvalue weighted by Crippen LogP contribution is -2.28. The van der Waals surface area contributed by atoms with E-state index in [1.165, 1.54) is 0 Å². The highest BCUT2D eigenvalue weighted by Gasteiger charge is 2.08. The van der Waals surface area contributed by atoms with Crippen LogP contribution >= 0.6 is 12.4 Å². The Bertz CT molecular complexity index is 666. The molecular formula is C18H23ClN2O2. The van der Waals surface area contributed by atoms with Crippen LogP contribution in [0.5, 0.6) is 5.75 Å². The molecule has 2 aromatic rings. The number of nitrogens with one attached hydrogen (secondary N) is 1. The molecule has 0 spiro atoms. The number of carbonyl (C=O) groups is 1. The molecule has 0 heterocycles. The van der Waals surface area contributed by atoms with Crippen molar-refractivity contribution in [1.29, 1.82) is 0 Å². The fraction of sp³-hybridized carbons (Fsp3) is 0.278. The summed E-state index contributed by atoms with van der Waals surface area (Å²) in [4.78, 5) is 12.1. The van der Waals surface area contributed by atoms with Crippen molar-refractivity contribution in [3.05, 3.63) is 58.7 Å². The molecule has 0 bridgehead atoms. The summed E-state index contributed by atoms with van der Waals surface area (Å²) in [6.45, 7) is 6.82. The summed E-state index contributed by atoms with van der Waals surface area (Å²) in [5.74, 6) is 0.695.